The Bertz CT molecular complexity index is 1450. The van der Waals surface area contributed by atoms with Gasteiger partial charge in [-0.2, -0.15) is 26.3 Å². The second-order valence-corrected chi connectivity index (χ2v) is 9.75. The van der Waals surface area contributed by atoms with Crippen molar-refractivity contribution in [1.82, 2.24) is 0 Å². The van der Waals surface area contributed by atoms with Crippen molar-refractivity contribution in [3.63, 3.8) is 0 Å². The maximum atomic E-state index is 13.2. The summed E-state index contributed by atoms with van der Waals surface area (Å²) >= 11 is 0. The lowest BCUT2D eigenvalue weighted by molar-refractivity contribution is -0.139. The van der Waals surface area contributed by atoms with Gasteiger partial charge >= 0.3 is 24.3 Å². The number of hydrogen-bond donors (Lipinski definition) is 3. The molecule has 1 atom stereocenters. The molecule has 0 aliphatic heterocycles. The van der Waals surface area contributed by atoms with Crippen molar-refractivity contribution in [2.45, 2.75) is 71.8 Å². The minimum absolute atomic E-state index is 0.0941. The summed E-state index contributed by atoms with van der Waals surface area (Å²) in [5.41, 5.74) is -4.57. The average molecular weight is 665 g/mol. The molecule has 0 bridgehead atoms. The fourth-order valence-electron chi connectivity index (χ4n) is 4.14. The zero-order valence-electron chi connectivity index (χ0n) is 25.8. The number of methoxy groups -OCH3 is 2. The normalized spacial score (nSPS) is 11.8. The number of ether oxygens (including phenoxy) is 2. The summed E-state index contributed by atoms with van der Waals surface area (Å²) in [6.07, 6.45) is -10.1. The van der Waals surface area contributed by atoms with Crippen molar-refractivity contribution in [2.24, 2.45) is 0 Å². The number of aliphatic hydroxyl groups is 1. The van der Waals surface area contributed by atoms with Crippen molar-refractivity contribution in [2.75, 3.05) is 24.9 Å². The molecule has 46 heavy (non-hydrogen) atoms. The topological polar surface area (TPSA) is 148 Å². The Morgan fingerprint density at radius 2 is 1.15 bits per heavy atom. The standard InChI is InChI=1S/C15H18F3NO4.C15H16F3NO4/c2*1-4-5-13(21)9-6-10(14(22)23-3)12(19-8(2)20)7-11(9)15(16,17)18/h6-7,13,21H,4-5H2,1-3H3,(H,19,20);6-7H,4-5H2,1-3H3,(H,19,20). The van der Waals surface area contributed by atoms with Gasteiger partial charge in [0.1, 0.15) is 0 Å². The molecular weight excluding hydrogens is 630 g/mol. The molecule has 0 aliphatic carbocycles. The molecule has 2 rings (SSSR count). The first kappa shape index (κ1) is 39.6. The highest BCUT2D eigenvalue weighted by Gasteiger charge is 2.38. The number of carbonyl (C=O) groups excluding carboxylic acids is 5. The van der Waals surface area contributed by atoms with Crippen LogP contribution >= 0.6 is 0 Å². The molecule has 3 N–H and O–H groups in total. The van der Waals surface area contributed by atoms with Crippen LogP contribution < -0.4 is 10.6 Å². The van der Waals surface area contributed by atoms with Gasteiger partial charge in [0.2, 0.25) is 11.8 Å². The first-order valence-electron chi connectivity index (χ1n) is 13.7. The molecule has 254 valence electrons. The number of alkyl halides is 6. The smallest absolute Gasteiger partial charge is 0.417 e. The Morgan fingerprint density at radius 3 is 1.52 bits per heavy atom. The molecule has 0 saturated heterocycles. The zero-order chi connectivity index (χ0) is 35.6. The number of nitrogens with one attached hydrogen (secondary N) is 2. The Balaban J connectivity index is 0.000000460. The van der Waals surface area contributed by atoms with E-state index in [-0.39, 0.29) is 35.3 Å². The van der Waals surface area contributed by atoms with Gasteiger partial charge in [0.25, 0.3) is 0 Å². The Labute approximate surface area is 260 Å². The van der Waals surface area contributed by atoms with E-state index in [9.17, 15) is 55.4 Å². The van der Waals surface area contributed by atoms with E-state index in [1.165, 1.54) is 0 Å². The van der Waals surface area contributed by atoms with Crippen molar-refractivity contribution in [3.05, 3.63) is 57.6 Å². The van der Waals surface area contributed by atoms with Gasteiger partial charge in [-0.3, -0.25) is 14.4 Å². The SMILES string of the molecule is CCCC(=O)c1cc(C(=O)OC)c(NC(C)=O)cc1C(F)(F)F.CCCC(O)c1cc(C(=O)OC)c(NC(C)=O)cc1C(F)(F)F. The van der Waals surface area contributed by atoms with Crippen LogP contribution in [0.1, 0.15) is 107 Å². The van der Waals surface area contributed by atoms with Gasteiger partial charge < -0.3 is 25.2 Å². The van der Waals surface area contributed by atoms with Crippen LogP contribution in [0, 0.1) is 0 Å². The van der Waals surface area contributed by atoms with Gasteiger partial charge in [-0.1, -0.05) is 20.3 Å². The van der Waals surface area contributed by atoms with Crippen LogP contribution in [0.2, 0.25) is 0 Å². The van der Waals surface area contributed by atoms with Crippen molar-refractivity contribution >= 4 is 40.9 Å². The van der Waals surface area contributed by atoms with Crippen LogP contribution in [0.25, 0.3) is 0 Å². The molecule has 0 spiro atoms. The number of rotatable bonds is 10. The fourth-order valence-corrected chi connectivity index (χ4v) is 4.14. The molecule has 0 radical (unpaired) electrons. The lowest BCUT2D eigenvalue weighted by Crippen LogP contribution is -2.18. The predicted molar refractivity (Wildman–Crippen MR) is 153 cm³/mol. The third-order valence-corrected chi connectivity index (χ3v) is 6.09. The number of hydrogen-bond acceptors (Lipinski definition) is 8. The van der Waals surface area contributed by atoms with Gasteiger partial charge in [0.05, 0.1) is 54.0 Å². The van der Waals surface area contributed by atoms with Crippen LogP contribution in [-0.4, -0.2) is 48.9 Å². The summed E-state index contributed by atoms with van der Waals surface area (Å²) in [5.74, 6) is -3.89. The summed E-state index contributed by atoms with van der Waals surface area (Å²) in [5, 5.41) is 14.3. The predicted octanol–water partition coefficient (Wildman–Crippen LogP) is 6.72. The summed E-state index contributed by atoms with van der Waals surface area (Å²) in [7, 11) is 2.12. The van der Waals surface area contributed by atoms with E-state index in [1.807, 2.05) is 0 Å². The van der Waals surface area contributed by atoms with E-state index in [0.29, 0.717) is 25.0 Å². The second-order valence-electron chi connectivity index (χ2n) is 9.75. The van der Waals surface area contributed by atoms with Crippen LogP contribution in [0.15, 0.2) is 24.3 Å². The molecule has 0 heterocycles. The molecule has 0 fully saturated rings. The van der Waals surface area contributed by atoms with Gasteiger partial charge in [-0.15, -0.1) is 0 Å². The molecule has 10 nitrogen and oxygen atoms in total. The highest BCUT2D eigenvalue weighted by Crippen LogP contribution is 2.39. The maximum absolute atomic E-state index is 13.2. The van der Waals surface area contributed by atoms with Crippen LogP contribution in [0.5, 0.6) is 0 Å². The molecule has 0 aromatic heterocycles. The highest BCUT2D eigenvalue weighted by molar-refractivity contribution is 6.05. The number of carbonyl (C=O) groups is 5. The van der Waals surface area contributed by atoms with E-state index in [4.69, 9.17) is 0 Å². The first-order chi connectivity index (χ1) is 21.2. The van der Waals surface area contributed by atoms with Gasteiger partial charge in [-0.25, -0.2) is 9.59 Å². The summed E-state index contributed by atoms with van der Waals surface area (Å²) in [6.45, 7) is 5.56. The fraction of sp³-hybridized carbons (Fsp3) is 0.433. The van der Waals surface area contributed by atoms with Crippen molar-refractivity contribution in [1.29, 1.82) is 0 Å². The van der Waals surface area contributed by atoms with Gasteiger partial charge in [0.15, 0.2) is 5.78 Å². The van der Waals surface area contributed by atoms with E-state index in [2.05, 4.69) is 20.1 Å². The van der Waals surface area contributed by atoms with Crippen molar-refractivity contribution in [3.8, 4) is 0 Å². The Hall–Kier alpha value is -4.47. The van der Waals surface area contributed by atoms with Crippen LogP contribution in [0.4, 0.5) is 37.7 Å². The first-order valence-corrected chi connectivity index (χ1v) is 13.7. The number of Topliss-reactive ketones (excluding diaryl/α,β-unsaturated/α-hetero) is 1. The Kier molecular flexibility index (Phi) is 14.4. The second kappa shape index (κ2) is 16.7. The number of aliphatic hydroxyl groups excluding tert-OH is 1. The van der Waals surface area contributed by atoms with E-state index >= 15 is 0 Å². The largest absolute Gasteiger partial charge is 0.465 e. The molecule has 0 saturated carbocycles. The molecule has 2 amide bonds. The summed E-state index contributed by atoms with van der Waals surface area (Å²) in [6, 6.07) is 2.95. The lowest BCUT2D eigenvalue weighted by Gasteiger charge is -2.20. The third kappa shape index (κ3) is 10.9. The number of benzene rings is 2. The molecule has 2 aromatic rings. The Morgan fingerprint density at radius 1 is 0.717 bits per heavy atom. The van der Waals surface area contributed by atoms with Crippen LogP contribution in [0.3, 0.4) is 0 Å². The number of ketones is 1. The minimum atomic E-state index is -4.80. The highest BCUT2D eigenvalue weighted by atomic mass is 19.4. The number of amides is 2. The maximum Gasteiger partial charge on any atom is 0.417 e. The van der Waals surface area contributed by atoms with E-state index < -0.39 is 70.2 Å². The van der Waals surface area contributed by atoms with E-state index in [0.717, 1.165) is 40.2 Å². The number of anilines is 2. The number of halogens is 6. The summed E-state index contributed by atoms with van der Waals surface area (Å²) in [4.78, 5) is 57.8. The van der Waals surface area contributed by atoms with Gasteiger partial charge in [-0.05, 0) is 42.7 Å². The molecule has 0 aliphatic rings. The van der Waals surface area contributed by atoms with E-state index in [1.54, 1.807) is 13.8 Å². The third-order valence-electron chi connectivity index (χ3n) is 6.09. The molecule has 2 aromatic carbocycles. The monoisotopic (exact) mass is 664 g/mol. The molecule has 1 unspecified atom stereocenters. The molecular formula is C30H34F6N2O8. The number of esters is 2. The minimum Gasteiger partial charge on any atom is -0.465 e. The zero-order valence-corrected chi connectivity index (χ0v) is 25.8. The summed E-state index contributed by atoms with van der Waals surface area (Å²) < 4.78 is 88.3. The average Bonchev–Trinajstić information content (AvgIpc) is 2.95. The van der Waals surface area contributed by atoms with Crippen LogP contribution in [-0.2, 0) is 31.4 Å². The lowest BCUT2D eigenvalue weighted by atomic mass is 9.95. The van der Waals surface area contributed by atoms with Crippen molar-refractivity contribution < 1.29 is 64.9 Å². The van der Waals surface area contributed by atoms with Gasteiger partial charge in [0, 0.05) is 25.8 Å². The molecule has 16 heteroatoms. The quantitative estimate of drug-likeness (QED) is 0.144.